The Morgan fingerprint density at radius 2 is 2.06 bits per heavy atom. The van der Waals surface area contributed by atoms with Crippen LogP contribution in [0, 0.1) is 6.92 Å². The van der Waals surface area contributed by atoms with Crippen LogP contribution in [0.2, 0.25) is 0 Å². The first kappa shape index (κ1) is 14.7. The predicted octanol–water partition coefficient (Wildman–Crippen LogP) is 1.68. The van der Waals surface area contributed by atoms with Gasteiger partial charge in [0.05, 0.1) is 13.2 Å². The number of nitrogens with one attached hydrogen (secondary N) is 2. The first-order chi connectivity index (χ1) is 8.50. The molecule has 0 aliphatic carbocycles. The largest absolute Gasteiger partial charge is 0.394 e. The van der Waals surface area contributed by atoms with E-state index in [2.05, 4.69) is 10.6 Å². The molecule has 4 heteroatoms. The van der Waals surface area contributed by atoms with E-state index in [1.807, 2.05) is 45.0 Å². The smallest absolute Gasteiger partial charge is 0.238 e. The predicted molar refractivity (Wildman–Crippen MR) is 73.6 cm³/mol. The number of carbonyl (C=O) groups excluding carboxylic acids is 1. The van der Waals surface area contributed by atoms with Gasteiger partial charge in [-0.2, -0.15) is 0 Å². The van der Waals surface area contributed by atoms with Gasteiger partial charge in [-0.15, -0.1) is 0 Å². The molecule has 0 heterocycles. The number of rotatable bonds is 6. The van der Waals surface area contributed by atoms with Crippen molar-refractivity contribution in [2.75, 3.05) is 18.5 Å². The molecule has 0 aliphatic rings. The van der Waals surface area contributed by atoms with Gasteiger partial charge in [-0.3, -0.25) is 4.79 Å². The molecule has 0 radical (unpaired) electrons. The Morgan fingerprint density at radius 1 is 1.39 bits per heavy atom. The van der Waals surface area contributed by atoms with E-state index >= 15 is 0 Å². The molecule has 100 valence electrons. The highest BCUT2D eigenvalue weighted by molar-refractivity contribution is 5.92. The Balaban J connectivity index is 2.50. The third kappa shape index (κ3) is 4.13. The molecule has 0 saturated heterocycles. The number of aliphatic hydroxyl groups excluding tert-OH is 1. The summed E-state index contributed by atoms with van der Waals surface area (Å²) in [5.41, 5.74) is 1.46. The molecule has 0 aromatic heterocycles. The van der Waals surface area contributed by atoms with Crippen molar-refractivity contribution in [3.05, 3.63) is 29.8 Å². The summed E-state index contributed by atoms with van der Waals surface area (Å²) in [5.74, 6) is -0.0996. The average molecular weight is 250 g/mol. The fourth-order valence-corrected chi connectivity index (χ4v) is 1.49. The van der Waals surface area contributed by atoms with Crippen molar-refractivity contribution in [2.24, 2.45) is 0 Å². The van der Waals surface area contributed by atoms with Gasteiger partial charge in [0, 0.05) is 11.2 Å². The van der Waals surface area contributed by atoms with Gasteiger partial charge >= 0.3 is 0 Å². The van der Waals surface area contributed by atoms with Gasteiger partial charge in [-0.1, -0.05) is 25.1 Å². The zero-order valence-corrected chi connectivity index (χ0v) is 11.3. The third-order valence-electron chi connectivity index (χ3n) is 3.22. The van der Waals surface area contributed by atoms with E-state index in [1.54, 1.807) is 0 Å². The molecular formula is C14H22N2O2. The van der Waals surface area contributed by atoms with E-state index in [0.717, 1.165) is 17.7 Å². The lowest BCUT2D eigenvalue weighted by molar-refractivity contribution is -0.115. The van der Waals surface area contributed by atoms with Crippen molar-refractivity contribution < 1.29 is 9.90 Å². The molecule has 1 aromatic rings. The molecule has 1 rings (SSSR count). The van der Waals surface area contributed by atoms with E-state index in [0.29, 0.717) is 0 Å². The van der Waals surface area contributed by atoms with Crippen LogP contribution in [0.5, 0.6) is 0 Å². The van der Waals surface area contributed by atoms with Crippen molar-refractivity contribution in [2.45, 2.75) is 32.7 Å². The van der Waals surface area contributed by atoms with Crippen LogP contribution in [0.4, 0.5) is 5.69 Å². The summed E-state index contributed by atoms with van der Waals surface area (Å²) >= 11 is 0. The molecule has 0 saturated carbocycles. The second kappa shape index (κ2) is 6.52. The minimum Gasteiger partial charge on any atom is -0.394 e. The summed E-state index contributed by atoms with van der Waals surface area (Å²) in [5, 5.41) is 15.2. The van der Waals surface area contributed by atoms with Crippen molar-refractivity contribution in [3.63, 3.8) is 0 Å². The Bertz CT molecular complexity index is 401. The standard InChI is InChI=1S/C14H22N2O2/c1-4-14(3,10-17)15-9-13(18)16-12-8-6-5-7-11(12)2/h5-8,15,17H,4,9-10H2,1-3H3,(H,16,18). The molecular weight excluding hydrogens is 228 g/mol. The number of amides is 1. The van der Waals surface area contributed by atoms with Crippen molar-refractivity contribution in [1.82, 2.24) is 5.32 Å². The van der Waals surface area contributed by atoms with E-state index < -0.39 is 5.54 Å². The minimum atomic E-state index is -0.400. The first-order valence-corrected chi connectivity index (χ1v) is 6.22. The summed E-state index contributed by atoms with van der Waals surface area (Å²) in [7, 11) is 0. The molecule has 1 atom stereocenters. The topological polar surface area (TPSA) is 61.4 Å². The number of hydrogen-bond acceptors (Lipinski definition) is 3. The molecule has 0 bridgehead atoms. The molecule has 0 aliphatic heterocycles. The minimum absolute atomic E-state index is 0.0150. The van der Waals surface area contributed by atoms with E-state index in [4.69, 9.17) is 0 Å². The van der Waals surface area contributed by atoms with Gasteiger partial charge in [-0.05, 0) is 31.9 Å². The molecule has 18 heavy (non-hydrogen) atoms. The summed E-state index contributed by atoms with van der Waals surface area (Å²) in [6.07, 6.45) is 0.765. The van der Waals surface area contributed by atoms with Crippen LogP contribution in [-0.4, -0.2) is 29.7 Å². The zero-order valence-electron chi connectivity index (χ0n) is 11.3. The maximum atomic E-state index is 11.8. The monoisotopic (exact) mass is 250 g/mol. The summed E-state index contributed by atoms with van der Waals surface area (Å²) in [6, 6.07) is 7.65. The molecule has 1 aromatic carbocycles. The van der Waals surface area contributed by atoms with Crippen LogP contribution in [-0.2, 0) is 4.79 Å². The second-order valence-corrected chi connectivity index (χ2v) is 4.79. The Hall–Kier alpha value is -1.39. The average Bonchev–Trinajstić information content (AvgIpc) is 2.39. The quantitative estimate of drug-likeness (QED) is 0.720. The lowest BCUT2D eigenvalue weighted by Gasteiger charge is -2.27. The van der Waals surface area contributed by atoms with Gasteiger partial charge in [0.1, 0.15) is 0 Å². The fourth-order valence-electron chi connectivity index (χ4n) is 1.49. The number of aryl methyl sites for hydroxylation is 1. The molecule has 3 N–H and O–H groups in total. The van der Waals surface area contributed by atoms with Gasteiger partial charge in [0.2, 0.25) is 5.91 Å². The van der Waals surface area contributed by atoms with Crippen LogP contribution in [0.25, 0.3) is 0 Å². The highest BCUT2D eigenvalue weighted by Gasteiger charge is 2.20. The molecule has 1 amide bonds. The van der Waals surface area contributed by atoms with Crippen LogP contribution in [0.15, 0.2) is 24.3 Å². The highest BCUT2D eigenvalue weighted by Crippen LogP contribution is 2.13. The maximum Gasteiger partial charge on any atom is 0.238 e. The SMILES string of the molecule is CCC(C)(CO)NCC(=O)Nc1ccccc1C. The molecule has 4 nitrogen and oxygen atoms in total. The van der Waals surface area contributed by atoms with Crippen molar-refractivity contribution in [3.8, 4) is 0 Å². The Kier molecular flexibility index (Phi) is 5.31. The zero-order chi connectivity index (χ0) is 13.6. The molecule has 0 fully saturated rings. The lowest BCUT2D eigenvalue weighted by Crippen LogP contribution is -2.48. The van der Waals surface area contributed by atoms with Crippen LogP contribution < -0.4 is 10.6 Å². The Labute approximate surface area is 108 Å². The van der Waals surface area contributed by atoms with Crippen LogP contribution >= 0.6 is 0 Å². The normalized spacial score (nSPS) is 14.0. The summed E-state index contributed by atoms with van der Waals surface area (Å²) in [6.45, 7) is 6.03. The molecule has 0 spiro atoms. The number of para-hydroxylation sites is 1. The summed E-state index contributed by atoms with van der Waals surface area (Å²) < 4.78 is 0. The van der Waals surface area contributed by atoms with Crippen LogP contribution in [0.3, 0.4) is 0 Å². The van der Waals surface area contributed by atoms with Crippen molar-refractivity contribution in [1.29, 1.82) is 0 Å². The number of hydrogen-bond donors (Lipinski definition) is 3. The van der Waals surface area contributed by atoms with E-state index in [-0.39, 0.29) is 19.1 Å². The summed E-state index contributed by atoms with van der Waals surface area (Å²) in [4.78, 5) is 11.8. The molecule has 1 unspecified atom stereocenters. The highest BCUT2D eigenvalue weighted by atomic mass is 16.3. The van der Waals surface area contributed by atoms with Gasteiger partial charge in [0.15, 0.2) is 0 Å². The number of aliphatic hydroxyl groups is 1. The first-order valence-electron chi connectivity index (χ1n) is 6.22. The third-order valence-corrected chi connectivity index (χ3v) is 3.22. The maximum absolute atomic E-state index is 11.8. The number of carbonyl (C=O) groups is 1. The second-order valence-electron chi connectivity index (χ2n) is 4.79. The Morgan fingerprint density at radius 3 is 2.61 bits per heavy atom. The number of benzene rings is 1. The number of anilines is 1. The fraction of sp³-hybridized carbons (Fsp3) is 0.500. The lowest BCUT2D eigenvalue weighted by atomic mass is 10.0. The van der Waals surface area contributed by atoms with Gasteiger partial charge in [-0.25, -0.2) is 0 Å². The van der Waals surface area contributed by atoms with Crippen molar-refractivity contribution >= 4 is 11.6 Å². The van der Waals surface area contributed by atoms with Gasteiger partial charge < -0.3 is 15.7 Å². The van der Waals surface area contributed by atoms with E-state index in [1.165, 1.54) is 0 Å². The van der Waals surface area contributed by atoms with E-state index in [9.17, 15) is 9.90 Å². The van der Waals surface area contributed by atoms with Gasteiger partial charge in [0.25, 0.3) is 0 Å². The van der Waals surface area contributed by atoms with Crippen LogP contribution in [0.1, 0.15) is 25.8 Å².